The average molecular weight is 347 g/mol. The van der Waals surface area contributed by atoms with Crippen LogP contribution in [-0.2, 0) is 6.42 Å². The molecule has 0 fully saturated rings. The van der Waals surface area contributed by atoms with E-state index in [2.05, 4.69) is 10.4 Å². The van der Waals surface area contributed by atoms with Gasteiger partial charge in [-0.3, -0.25) is 4.79 Å². The Morgan fingerprint density at radius 2 is 1.88 bits per heavy atom. The highest BCUT2D eigenvalue weighted by Gasteiger charge is 2.32. The molecule has 3 aromatic rings. The Kier molecular flexibility index (Phi) is 4.09. The predicted octanol–water partition coefficient (Wildman–Crippen LogP) is 2.88. The van der Waals surface area contributed by atoms with Gasteiger partial charge in [-0.2, -0.15) is 5.10 Å². The van der Waals surface area contributed by atoms with E-state index in [4.69, 9.17) is 0 Å². The highest BCUT2D eigenvalue weighted by atomic mass is 16.3. The van der Waals surface area contributed by atoms with E-state index < -0.39 is 6.10 Å². The van der Waals surface area contributed by atoms with Crippen LogP contribution < -0.4 is 5.32 Å². The lowest BCUT2D eigenvalue weighted by Gasteiger charge is -2.18. The molecular formula is C21H21N3O2. The summed E-state index contributed by atoms with van der Waals surface area (Å²) in [7, 11) is 0. The molecule has 5 nitrogen and oxygen atoms in total. The van der Waals surface area contributed by atoms with Crippen molar-refractivity contribution >= 4 is 5.91 Å². The van der Waals surface area contributed by atoms with Gasteiger partial charge in [0.1, 0.15) is 0 Å². The molecule has 1 aliphatic rings. The van der Waals surface area contributed by atoms with Crippen molar-refractivity contribution in [1.82, 2.24) is 15.1 Å². The number of aromatic nitrogens is 2. The first kappa shape index (κ1) is 16.5. The highest BCUT2D eigenvalue weighted by Crippen LogP contribution is 2.31. The molecular weight excluding hydrogens is 326 g/mol. The zero-order chi connectivity index (χ0) is 18.3. The Morgan fingerprint density at radius 1 is 1.15 bits per heavy atom. The number of aryl methyl sites for hydroxylation is 2. The van der Waals surface area contributed by atoms with E-state index >= 15 is 0 Å². The van der Waals surface area contributed by atoms with Gasteiger partial charge < -0.3 is 10.4 Å². The third-order valence-corrected chi connectivity index (χ3v) is 4.87. The number of carbonyl (C=O) groups is 1. The zero-order valence-electron chi connectivity index (χ0n) is 14.8. The lowest BCUT2D eigenvalue weighted by Crippen LogP contribution is -2.33. The molecule has 0 unspecified atom stereocenters. The van der Waals surface area contributed by atoms with Gasteiger partial charge in [-0.15, -0.1) is 0 Å². The largest absolute Gasteiger partial charge is 0.390 e. The first-order valence-corrected chi connectivity index (χ1v) is 8.73. The van der Waals surface area contributed by atoms with Crippen LogP contribution in [0.3, 0.4) is 0 Å². The summed E-state index contributed by atoms with van der Waals surface area (Å²) >= 11 is 0. The molecule has 5 heteroatoms. The number of fused-ring (bicyclic) bond motifs is 1. The maximum Gasteiger partial charge on any atom is 0.251 e. The van der Waals surface area contributed by atoms with Crippen LogP contribution in [0.25, 0.3) is 5.69 Å². The third kappa shape index (κ3) is 2.91. The fourth-order valence-electron chi connectivity index (χ4n) is 3.62. The van der Waals surface area contributed by atoms with Crippen molar-refractivity contribution in [2.75, 3.05) is 0 Å². The van der Waals surface area contributed by atoms with E-state index in [1.807, 2.05) is 61.0 Å². The summed E-state index contributed by atoms with van der Waals surface area (Å²) in [6.45, 7) is 3.95. The Labute approximate surface area is 152 Å². The molecule has 1 heterocycles. The number of nitrogens with zero attached hydrogens (tertiary/aromatic N) is 2. The Balaban J connectivity index is 1.53. The first-order valence-electron chi connectivity index (χ1n) is 8.73. The van der Waals surface area contributed by atoms with E-state index in [0.29, 0.717) is 12.0 Å². The molecule has 2 atom stereocenters. The van der Waals surface area contributed by atoms with Crippen molar-refractivity contribution in [3.8, 4) is 5.69 Å². The van der Waals surface area contributed by atoms with E-state index in [-0.39, 0.29) is 11.9 Å². The van der Waals surface area contributed by atoms with E-state index in [9.17, 15) is 9.90 Å². The number of carbonyl (C=O) groups excluding carboxylic acids is 1. The van der Waals surface area contributed by atoms with Crippen LogP contribution in [-0.4, -0.2) is 26.9 Å². The summed E-state index contributed by atoms with van der Waals surface area (Å²) in [6, 6.07) is 16.8. The molecule has 0 radical (unpaired) electrons. The predicted molar refractivity (Wildman–Crippen MR) is 99.4 cm³/mol. The molecule has 132 valence electrons. The molecule has 2 aromatic carbocycles. The maximum absolute atomic E-state index is 12.6. The number of nitrogens with one attached hydrogen (secondary N) is 1. The molecule has 2 N–H and O–H groups in total. The number of aliphatic hydroxyl groups is 1. The van der Waals surface area contributed by atoms with Crippen LogP contribution in [0, 0.1) is 13.8 Å². The molecule has 0 spiro atoms. The summed E-state index contributed by atoms with van der Waals surface area (Å²) in [6.07, 6.45) is -0.0248. The van der Waals surface area contributed by atoms with E-state index in [1.54, 1.807) is 12.1 Å². The topological polar surface area (TPSA) is 67.2 Å². The Bertz CT molecular complexity index is 960. The van der Waals surface area contributed by atoms with Crippen molar-refractivity contribution in [2.45, 2.75) is 32.4 Å². The molecule has 0 aliphatic heterocycles. The van der Waals surface area contributed by atoms with Crippen LogP contribution in [0.2, 0.25) is 0 Å². The number of hydrogen-bond acceptors (Lipinski definition) is 3. The number of amides is 1. The Morgan fingerprint density at radius 3 is 2.58 bits per heavy atom. The standard InChI is InChI=1S/C21H21N3O2/c1-13-11-14(2)24(23-13)17-9-7-15(8-10-17)21(26)22-20-18-6-4-3-5-16(18)12-19(20)25/h3-11,19-20,25H,12H2,1-2H3,(H,22,26)/t19-,20+/m0/s1. The SMILES string of the molecule is Cc1cc(C)n(-c2ccc(C(=O)N[C@@H]3c4ccccc4C[C@@H]3O)cc2)n1. The van der Waals surface area contributed by atoms with Crippen LogP contribution in [0.4, 0.5) is 0 Å². The minimum absolute atomic E-state index is 0.189. The Hall–Kier alpha value is -2.92. The fraction of sp³-hybridized carbons (Fsp3) is 0.238. The van der Waals surface area contributed by atoms with Gasteiger partial charge in [0.15, 0.2) is 0 Å². The van der Waals surface area contributed by atoms with Gasteiger partial charge in [-0.25, -0.2) is 4.68 Å². The second kappa shape index (κ2) is 6.42. The van der Waals surface area contributed by atoms with Crippen molar-refractivity contribution in [2.24, 2.45) is 0 Å². The lowest BCUT2D eigenvalue weighted by atomic mass is 10.1. The molecule has 0 bridgehead atoms. The summed E-state index contributed by atoms with van der Waals surface area (Å²) in [5.74, 6) is -0.189. The number of aliphatic hydroxyl groups excluding tert-OH is 1. The second-order valence-electron chi connectivity index (χ2n) is 6.81. The van der Waals surface area contributed by atoms with Crippen LogP contribution in [0.5, 0.6) is 0 Å². The van der Waals surface area contributed by atoms with Gasteiger partial charge in [0.05, 0.1) is 23.5 Å². The minimum atomic E-state index is -0.592. The van der Waals surface area contributed by atoms with Gasteiger partial charge in [-0.05, 0) is 55.3 Å². The molecule has 26 heavy (non-hydrogen) atoms. The van der Waals surface area contributed by atoms with Crippen molar-refractivity contribution in [3.63, 3.8) is 0 Å². The van der Waals surface area contributed by atoms with E-state index in [1.165, 1.54) is 0 Å². The van der Waals surface area contributed by atoms with Crippen molar-refractivity contribution in [1.29, 1.82) is 0 Å². The summed E-state index contributed by atoms with van der Waals surface area (Å²) in [4.78, 5) is 12.6. The average Bonchev–Trinajstić information content (AvgIpc) is 3.14. The minimum Gasteiger partial charge on any atom is -0.390 e. The quantitative estimate of drug-likeness (QED) is 0.766. The second-order valence-corrected chi connectivity index (χ2v) is 6.81. The molecule has 1 aliphatic carbocycles. The lowest BCUT2D eigenvalue weighted by molar-refractivity contribution is 0.0858. The van der Waals surface area contributed by atoms with Crippen LogP contribution >= 0.6 is 0 Å². The molecule has 1 amide bonds. The van der Waals surface area contributed by atoms with Gasteiger partial charge in [-0.1, -0.05) is 24.3 Å². The molecule has 4 rings (SSSR count). The van der Waals surface area contributed by atoms with E-state index in [0.717, 1.165) is 28.2 Å². The molecule has 0 saturated heterocycles. The summed E-state index contributed by atoms with van der Waals surface area (Å²) in [5.41, 5.74) is 5.56. The van der Waals surface area contributed by atoms with Crippen molar-refractivity contribution < 1.29 is 9.90 Å². The maximum atomic E-state index is 12.6. The normalized spacial score (nSPS) is 18.6. The van der Waals surface area contributed by atoms with Gasteiger partial charge in [0.25, 0.3) is 5.91 Å². The highest BCUT2D eigenvalue weighted by molar-refractivity contribution is 5.94. The zero-order valence-corrected chi connectivity index (χ0v) is 14.8. The van der Waals surface area contributed by atoms with Gasteiger partial charge in [0.2, 0.25) is 0 Å². The van der Waals surface area contributed by atoms with Gasteiger partial charge in [0, 0.05) is 17.7 Å². The first-order chi connectivity index (χ1) is 12.5. The monoisotopic (exact) mass is 347 g/mol. The van der Waals surface area contributed by atoms with Crippen molar-refractivity contribution in [3.05, 3.63) is 82.7 Å². The number of benzene rings is 2. The van der Waals surface area contributed by atoms with Crippen LogP contribution in [0.15, 0.2) is 54.6 Å². The summed E-state index contributed by atoms with van der Waals surface area (Å²) < 4.78 is 1.86. The molecule has 0 saturated carbocycles. The number of hydrogen-bond donors (Lipinski definition) is 2. The van der Waals surface area contributed by atoms with Crippen LogP contribution in [0.1, 0.15) is 38.9 Å². The molecule has 1 aromatic heterocycles. The fourth-order valence-corrected chi connectivity index (χ4v) is 3.62. The smallest absolute Gasteiger partial charge is 0.251 e. The summed E-state index contributed by atoms with van der Waals surface area (Å²) in [5, 5.41) is 17.7. The van der Waals surface area contributed by atoms with Gasteiger partial charge >= 0.3 is 0 Å². The number of rotatable bonds is 3. The third-order valence-electron chi connectivity index (χ3n) is 4.87.